The summed E-state index contributed by atoms with van der Waals surface area (Å²) in [7, 11) is 0. The van der Waals surface area contributed by atoms with Crippen molar-refractivity contribution in [2.75, 3.05) is 11.9 Å². The molecule has 4 nitrogen and oxygen atoms in total. The maximum absolute atomic E-state index is 9.13. The lowest BCUT2D eigenvalue weighted by atomic mass is 9.82. The molecule has 0 aromatic carbocycles. The molecule has 0 unspecified atom stereocenters. The van der Waals surface area contributed by atoms with Crippen molar-refractivity contribution in [3.8, 4) is 0 Å². The van der Waals surface area contributed by atoms with Gasteiger partial charge in [0.05, 0.1) is 10.6 Å². The number of halogens is 2. The molecule has 1 aromatic heterocycles. The third kappa shape index (κ3) is 2.59. The molecule has 15 heavy (non-hydrogen) atoms. The number of aliphatic hydroxyl groups is 1. The SMILES string of the molecule is OC1CC(CNc2ncnc(Cl)c2Br)C1. The van der Waals surface area contributed by atoms with E-state index in [9.17, 15) is 0 Å². The Bertz CT molecular complexity index is 357. The van der Waals surface area contributed by atoms with Gasteiger partial charge in [0.1, 0.15) is 17.3 Å². The first-order chi connectivity index (χ1) is 7.16. The van der Waals surface area contributed by atoms with Crippen LogP contribution in [0.15, 0.2) is 10.8 Å². The maximum Gasteiger partial charge on any atom is 0.148 e. The Labute approximate surface area is 101 Å². The molecule has 82 valence electrons. The Morgan fingerprint density at radius 3 is 2.93 bits per heavy atom. The topological polar surface area (TPSA) is 58.0 Å². The van der Waals surface area contributed by atoms with Gasteiger partial charge in [0.15, 0.2) is 0 Å². The van der Waals surface area contributed by atoms with Crippen LogP contribution in [0.25, 0.3) is 0 Å². The Morgan fingerprint density at radius 2 is 2.27 bits per heavy atom. The minimum atomic E-state index is -0.116. The van der Waals surface area contributed by atoms with Crippen LogP contribution < -0.4 is 5.32 Å². The van der Waals surface area contributed by atoms with Crippen LogP contribution in [-0.4, -0.2) is 27.7 Å². The van der Waals surface area contributed by atoms with E-state index in [4.69, 9.17) is 16.7 Å². The molecule has 6 heteroatoms. The Hall–Kier alpha value is -0.390. The van der Waals surface area contributed by atoms with Gasteiger partial charge in [-0.25, -0.2) is 9.97 Å². The summed E-state index contributed by atoms with van der Waals surface area (Å²) in [6, 6.07) is 0. The summed E-state index contributed by atoms with van der Waals surface area (Å²) >= 11 is 9.14. The van der Waals surface area contributed by atoms with Crippen molar-refractivity contribution < 1.29 is 5.11 Å². The zero-order valence-electron chi connectivity index (χ0n) is 7.95. The molecular formula is C9H11BrClN3O. The van der Waals surface area contributed by atoms with Gasteiger partial charge in [-0.1, -0.05) is 11.6 Å². The highest BCUT2D eigenvalue weighted by Gasteiger charge is 2.26. The Kier molecular flexibility index (Phi) is 3.43. The van der Waals surface area contributed by atoms with Crippen LogP contribution in [0.4, 0.5) is 5.82 Å². The Balaban J connectivity index is 1.91. The van der Waals surface area contributed by atoms with E-state index in [0.717, 1.165) is 19.4 Å². The fraction of sp³-hybridized carbons (Fsp3) is 0.556. The molecule has 0 spiro atoms. The lowest BCUT2D eigenvalue weighted by Gasteiger charge is -2.31. The summed E-state index contributed by atoms with van der Waals surface area (Å²) in [6.07, 6.45) is 3.03. The monoisotopic (exact) mass is 291 g/mol. The summed E-state index contributed by atoms with van der Waals surface area (Å²) in [6.45, 7) is 0.809. The highest BCUT2D eigenvalue weighted by molar-refractivity contribution is 9.10. The van der Waals surface area contributed by atoms with Gasteiger partial charge in [-0.2, -0.15) is 0 Å². The van der Waals surface area contributed by atoms with Gasteiger partial charge >= 0.3 is 0 Å². The highest BCUT2D eigenvalue weighted by Crippen LogP contribution is 2.29. The van der Waals surface area contributed by atoms with Crippen molar-refractivity contribution in [1.82, 2.24) is 9.97 Å². The fourth-order valence-electron chi connectivity index (χ4n) is 1.58. The second kappa shape index (κ2) is 4.63. The molecule has 2 rings (SSSR count). The van der Waals surface area contributed by atoms with Gasteiger partial charge in [-0.3, -0.25) is 0 Å². The van der Waals surface area contributed by atoms with E-state index in [-0.39, 0.29) is 6.10 Å². The van der Waals surface area contributed by atoms with Crippen LogP contribution in [0.1, 0.15) is 12.8 Å². The van der Waals surface area contributed by atoms with Crippen molar-refractivity contribution in [3.05, 3.63) is 16.0 Å². The van der Waals surface area contributed by atoms with Crippen molar-refractivity contribution >= 4 is 33.3 Å². The van der Waals surface area contributed by atoms with Crippen LogP contribution >= 0.6 is 27.5 Å². The molecule has 1 saturated carbocycles. The average molecular weight is 293 g/mol. The molecule has 2 N–H and O–H groups in total. The molecule has 1 fully saturated rings. The quantitative estimate of drug-likeness (QED) is 0.838. The van der Waals surface area contributed by atoms with Crippen LogP contribution in [-0.2, 0) is 0 Å². The van der Waals surface area contributed by atoms with E-state index in [2.05, 4.69) is 31.2 Å². The summed E-state index contributed by atoms with van der Waals surface area (Å²) in [5, 5.41) is 12.7. The van der Waals surface area contributed by atoms with Crippen LogP contribution in [0.2, 0.25) is 5.15 Å². The average Bonchev–Trinajstić information content (AvgIpc) is 2.17. The molecule has 1 aliphatic rings. The normalized spacial score (nSPS) is 24.7. The smallest absolute Gasteiger partial charge is 0.148 e. The number of hydrogen-bond donors (Lipinski definition) is 2. The summed E-state index contributed by atoms with van der Waals surface area (Å²) in [5.74, 6) is 1.23. The predicted molar refractivity (Wildman–Crippen MR) is 62.0 cm³/mol. The molecule has 0 saturated heterocycles. The Morgan fingerprint density at radius 1 is 1.53 bits per heavy atom. The van der Waals surface area contributed by atoms with Crippen molar-refractivity contribution in [1.29, 1.82) is 0 Å². The summed E-state index contributed by atoms with van der Waals surface area (Å²) in [4.78, 5) is 7.91. The van der Waals surface area contributed by atoms with Gasteiger partial charge in [0.25, 0.3) is 0 Å². The molecular weight excluding hydrogens is 281 g/mol. The highest BCUT2D eigenvalue weighted by atomic mass is 79.9. The molecule has 1 heterocycles. The van der Waals surface area contributed by atoms with Crippen molar-refractivity contribution in [3.63, 3.8) is 0 Å². The number of aromatic nitrogens is 2. The first kappa shape index (κ1) is 11.1. The van der Waals surface area contributed by atoms with Crippen LogP contribution in [0.5, 0.6) is 0 Å². The predicted octanol–water partition coefficient (Wildman–Crippen LogP) is 2.08. The molecule has 0 radical (unpaired) electrons. The third-order valence-electron chi connectivity index (χ3n) is 2.52. The number of anilines is 1. The molecule has 0 aliphatic heterocycles. The second-order valence-electron chi connectivity index (χ2n) is 3.70. The van der Waals surface area contributed by atoms with Gasteiger partial charge < -0.3 is 10.4 Å². The standard InChI is InChI=1S/C9H11BrClN3O/c10-7-8(11)13-4-14-9(7)12-3-5-1-6(15)2-5/h4-6,15H,1-3H2,(H,12,13,14). The van der Waals surface area contributed by atoms with E-state index in [1.54, 1.807) is 0 Å². The molecule has 1 aromatic rings. The number of aliphatic hydroxyl groups excluding tert-OH is 1. The maximum atomic E-state index is 9.13. The number of nitrogens with one attached hydrogen (secondary N) is 1. The van der Waals surface area contributed by atoms with Crippen LogP contribution in [0.3, 0.4) is 0 Å². The largest absolute Gasteiger partial charge is 0.393 e. The van der Waals surface area contributed by atoms with E-state index in [0.29, 0.717) is 21.4 Å². The van der Waals surface area contributed by atoms with E-state index in [1.807, 2.05) is 0 Å². The minimum absolute atomic E-state index is 0.116. The fourth-order valence-corrected chi connectivity index (χ4v) is 2.06. The van der Waals surface area contributed by atoms with E-state index >= 15 is 0 Å². The summed E-state index contributed by atoms with van der Waals surface area (Å²) < 4.78 is 0.687. The third-order valence-corrected chi connectivity index (χ3v) is 3.78. The molecule has 1 aliphatic carbocycles. The van der Waals surface area contributed by atoms with Gasteiger partial charge in [-0.05, 0) is 34.7 Å². The number of hydrogen-bond acceptors (Lipinski definition) is 4. The van der Waals surface area contributed by atoms with Crippen LogP contribution in [0, 0.1) is 5.92 Å². The molecule has 0 amide bonds. The lowest BCUT2D eigenvalue weighted by Crippen LogP contribution is -2.33. The second-order valence-corrected chi connectivity index (χ2v) is 4.85. The zero-order chi connectivity index (χ0) is 10.8. The molecule has 0 bridgehead atoms. The minimum Gasteiger partial charge on any atom is -0.393 e. The zero-order valence-corrected chi connectivity index (χ0v) is 10.3. The number of rotatable bonds is 3. The van der Waals surface area contributed by atoms with Gasteiger partial charge in [-0.15, -0.1) is 0 Å². The first-order valence-electron chi connectivity index (χ1n) is 4.74. The summed E-state index contributed by atoms with van der Waals surface area (Å²) in [5.41, 5.74) is 0. The van der Waals surface area contributed by atoms with E-state index in [1.165, 1.54) is 6.33 Å². The van der Waals surface area contributed by atoms with Gasteiger partial charge in [0, 0.05) is 6.54 Å². The van der Waals surface area contributed by atoms with E-state index < -0.39 is 0 Å². The molecule has 0 atom stereocenters. The lowest BCUT2D eigenvalue weighted by molar-refractivity contribution is 0.0486. The van der Waals surface area contributed by atoms with Crippen molar-refractivity contribution in [2.45, 2.75) is 18.9 Å². The first-order valence-corrected chi connectivity index (χ1v) is 5.92. The van der Waals surface area contributed by atoms with Gasteiger partial charge in [0.2, 0.25) is 0 Å². The van der Waals surface area contributed by atoms with Crippen molar-refractivity contribution in [2.24, 2.45) is 5.92 Å². The number of nitrogens with zero attached hydrogens (tertiary/aromatic N) is 2.